The third-order valence-electron chi connectivity index (χ3n) is 2.65. The van der Waals surface area contributed by atoms with Gasteiger partial charge >= 0.3 is 6.03 Å². The van der Waals surface area contributed by atoms with E-state index < -0.39 is 22.1 Å². The first kappa shape index (κ1) is 17.0. The largest absolute Gasteiger partial charge is 0.355 e. The van der Waals surface area contributed by atoms with Crippen LogP contribution in [0.25, 0.3) is 0 Å². The lowest BCUT2D eigenvalue weighted by molar-refractivity contribution is -0.122. The summed E-state index contributed by atoms with van der Waals surface area (Å²) < 4.78 is 25.8. The van der Waals surface area contributed by atoms with E-state index in [0.717, 1.165) is 5.56 Å². The lowest BCUT2D eigenvalue weighted by atomic mass is 10.2. The standard InChI is InChI=1S/C13H19N3O4S/c1-4-14-12(17)10(3)15-13(18)16-21(19,20)11-7-5-9(2)6-8-11/h5-8,10H,4H2,1-3H3,(H,14,17)(H2,15,16,18)/t10-/m0/s1. The first-order chi connectivity index (χ1) is 9.76. The maximum Gasteiger partial charge on any atom is 0.329 e. The minimum Gasteiger partial charge on any atom is -0.355 e. The zero-order valence-electron chi connectivity index (χ0n) is 12.1. The summed E-state index contributed by atoms with van der Waals surface area (Å²) in [7, 11) is -3.95. The second-order valence-corrected chi connectivity index (χ2v) is 6.19. The third-order valence-corrected chi connectivity index (χ3v) is 4.00. The zero-order valence-corrected chi connectivity index (χ0v) is 13.0. The monoisotopic (exact) mass is 313 g/mol. The molecule has 1 aromatic carbocycles. The van der Waals surface area contributed by atoms with Gasteiger partial charge in [-0.15, -0.1) is 0 Å². The minimum absolute atomic E-state index is 0.0195. The van der Waals surface area contributed by atoms with Crippen molar-refractivity contribution < 1.29 is 18.0 Å². The van der Waals surface area contributed by atoms with Crippen molar-refractivity contribution in [2.24, 2.45) is 0 Å². The Hall–Kier alpha value is -2.09. The molecule has 116 valence electrons. The van der Waals surface area contributed by atoms with Crippen molar-refractivity contribution in [2.45, 2.75) is 31.7 Å². The maximum absolute atomic E-state index is 12.0. The fourth-order valence-corrected chi connectivity index (χ4v) is 2.43. The smallest absolute Gasteiger partial charge is 0.329 e. The summed E-state index contributed by atoms with van der Waals surface area (Å²) >= 11 is 0. The molecule has 1 aromatic rings. The average molecular weight is 313 g/mol. The normalized spacial score (nSPS) is 12.3. The van der Waals surface area contributed by atoms with Crippen LogP contribution in [0.4, 0.5) is 4.79 Å². The third kappa shape index (κ3) is 5.07. The second kappa shape index (κ2) is 7.07. The number of carbonyl (C=O) groups is 2. The van der Waals surface area contributed by atoms with Crippen molar-refractivity contribution in [3.63, 3.8) is 0 Å². The van der Waals surface area contributed by atoms with Crippen LogP contribution in [0.3, 0.4) is 0 Å². The van der Waals surface area contributed by atoms with Crippen LogP contribution >= 0.6 is 0 Å². The molecule has 0 unspecified atom stereocenters. The molecular weight excluding hydrogens is 294 g/mol. The Morgan fingerprint density at radius 3 is 2.29 bits per heavy atom. The van der Waals surface area contributed by atoms with Gasteiger partial charge in [-0.2, -0.15) is 0 Å². The van der Waals surface area contributed by atoms with Crippen molar-refractivity contribution in [1.29, 1.82) is 0 Å². The fourth-order valence-electron chi connectivity index (χ4n) is 1.52. The molecule has 0 saturated heterocycles. The van der Waals surface area contributed by atoms with Crippen molar-refractivity contribution in [3.8, 4) is 0 Å². The Bertz CT molecular complexity index is 611. The lowest BCUT2D eigenvalue weighted by Gasteiger charge is -2.14. The van der Waals surface area contributed by atoms with Crippen LogP contribution < -0.4 is 15.4 Å². The van der Waals surface area contributed by atoms with E-state index in [2.05, 4.69) is 10.6 Å². The summed E-state index contributed by atoms with van der Waals surface area (Å²) in [5.41, 5.74) is 0.906. The van der Waals surface area contributed by atoms with Gasteiger partial charge in [0, 0.05) is 6.54 Å². The van der Waals surface area contributed by atoms with Gasteiger partial charge in [-0.25, -0.2) is 17.9 Å². The van der Waals surface area contributed by atoms with E-state index in [1.807, 2.05) is 11.6 Å². The van der Waals surface area contributed by atoms with Crippen LogP contribution in [0.2, 0.25) is 0 Å². The summed E-state index contributed by atoms with van der Waals surface area (Å²) in [4.78, 5) is 23.1. The van der Waals surface area contributed by atoms with E-state index in [-0.39, 0.29) is 10.8 Å². The fraction of sp³-hybridized carbons (Fsp3) is 0.385. The van der Waals surface area contributed by atoms with Gasteiger partial charge in [0.25, 0.3) is 10.0 Å². The van der Waals surface area contributed by atoms with Crippen LogP contribution in [0.5, 0.6) is 0 Å². The molecule has 8 heteroatoms. The quantitative estimate of drug-likeness (QED) is 0.736. The molecule has 7 nitrogen and oxygen atoms in total. The first-order valence-corrected chi connectivity index (χ1v) is 7.92. The number of sulfonamides is 1. The highest BCUT2D eigenvalue weighted by molar-refractivity contribution is 7.90. The zero-order chi connectivity index (χ0) is 16.0. The molecule has 0 aromatic heterocycles. The van der Waals surface area contributed by atoms with Gasteiger partial charge in [0.2, 0.25) is 5.91 Å². The molecule has 0 aliphatic heterocycles. The number of likely N-dealkylation sites (N-methyl/N-ethyl adjacent to an activating group) is 1. The molecule has 0 radical (unpaired) electrons. The minimum atomic E-state index is -3.95. The molecule has 0 spiro atoms. The van der Waals surface area contributed by atoms with Gasteiger partial charge in [-0.1, -0.05) is 17.7 Å². The van der Waals surface area contributed by atoms with E-state index in [9.17, 15) is 18.0 Å². The molecule has 0 bridgehead atoms. The van der Waals surface area contributed by atoms with Gasteiger partial charge in [0.1, 0.15) is 6.04 Å². The van der Waals surface area contributed by atoms with Crippen LogP contribution in [-0.4, -0.2) is 32.9 Å². The Balaban J connectivity index is 2.69. The van der Waals surface area contributed by atoms with Gasteiger partial charge in [0.05, 0.1) is 4.90 Å². The second-order valence-electron chi connectivity index (χ2n) is 4.51. The van der Waals surface area contributed by atoms with Gasteiger partial charge in [-0.3, -0.25) is 4.79 Å². The Morgan fingerprint density at radius 1 is 1.19 bits per heavy atom. The van der Waals surface area contributed by atoms with E-state index in [4.69, 9.17) is 0 Å². The molecule has 0 aliphatic carbocycles. The van der Waals surface area contributed by atoms with Crippen molar-refractivity contribution >= 4 is 22.0 Å². The molecule has 3 N–H and O–H groups in total. The topological polar surface area (TPSA) is 104 Å². The number of hydrogen-bond acceptors (Lipinski definition) is 4. The number of amides is 3. The van der Waals surface area contributed by atoms with Crippen molar-refractivity contribution in [3.05, 3.63) is 29.8 Å². The summed E-state index contributed by atoms with van der Waals surface area (Å²) in [5, 5.41) is 4.78. The SMILES string of the molecule is CCNC(=O)[C@H](C)NC(=O)NS(=O)(=O)c1ccc(C)cc1. The summed E-state index contributed by atoms with van der Waals surface area (Å²) in [6, 6.07) is 4.27. The van der Waals surface area contributed by atoms with E-state index in [0.29, 0.717) is 6.54 Å². The lowest BCUT2D eigenvalue weighted by Crippen LogP contribution is -2.49. The molecule has 0 aliphatic rings. The van der Waals surface area contributed by atoms with E-state index in [1.165, 1.54) is 19.1 Å². The molecule has 21 heavy (non-hydrogen) atoms. The highest BCUT2D eigenvalue weighted by atomic mass is 32.2. The maximum atomic E-state index is 12.0. The van der Waals surface area contributed by atoms with Gasteiger partial charge < -0.3 is 10.6 Å². The predicted octanol–water partition coefficient (Wildman–Crippen LogP) is 0.508. The molecule has 1 rings (SSSR count). The number of nitrogens with one attached hydrogen (secondary N) is 3. The number of rotatable bonds is 5. The van der Waals surface area contributed by atoms with Gasteiger partial charge in [-0.05, 0) is 32.9 Å². The van der Waals surface area contributed by atoms with Crippen LogP contribution in [0, 0.1) is 6.92 Å². The Morgan fingerprint density at radius 2 is 1.76 bits per heavy atom. The average Bonchev–Trinajstić information content (AvgIpc) is 2.38. The molecule has 3 amide bonds. The Kier molecular flexibility index (Phi) is 5.71. The molecule has 1 atom stereocenters. The van der Waals surface area contributed by atoms with E-state index in [1.54, 1.807) is 19.1 Å². The van der Waals surface area contributed by atoms with Crippen LogP contribution in [0.15, 0.2) is 29.2 Å². The number of hydrogen-bond donors (Lipinski definition) is 3. The number of carbonyl (C=O) groups excluding carboxylic acids is 2. The molecule has 0 fully saturated rings. The Labute approximate surface area is 124 Å². The van der Waals surface area contributed by atoms with Crippen LogP contribution in [-0.2, 0) is 14.8 Å². The predicted molar refractivity (Wildman–Crippen MR) is 78.2 cm³/mol. The first-order valence-electron chi connectivity index (χ1n) is 6.44. The summed E-state index contributed by atoms with van der Waals surface area (Å²) in [5.74, 6) is -0.389. The van der Waals surface area contributed by atoms with Gasteiger partial charge in [0.15, 0.2) is 0 Å². The molecule has 0 saturated carbocycles. The number of benzene rings is 1. The van der Waals surface area contributed by atoms with Crippen molar-refractivity contribution in [2.75, 3.05) is 6.54 Å². The summed E-state index contributed by atoms with van der Waals surface area (Å²) in [6.07, 6.45) is 0. The van der Waals surface area contributed by atoms with Crippen LogP contribution in [0.1, 0.15) is 19.4 Å². The van der Waals surface area contributed by atoms with E-state index >= 15 is 0 Å². The molecule has 0 heterocycles. The molecular formula is C13H19N3O4S. The highest BCUT2D eigenvalue weighted by Gasteiger charge is 2.20. The number of aryl methyl sites for hydroxylation is 1. The highest BCUT2D eigenvalue weighted by Crippen LogP contribution is 2.09. The number of urea groups is 1. The summed E-state index contributed by atoms with van der Waals surface area (Å²) in [6.45, 7) is 5.45. The van der Waals surface area contributed by atoms with Crippen molar-refractivity contribution in [1.82, 2.24) is 15.4 Å².